The lowest BCUT2D eigenvalue weighted by atomic mass is 10.1. The standard InChI is InChI=1S/C12H18N2O4/c1-4-18-12(16)11-9(5-6-10(15)17-3)8(2)7-14(11)13/h7H,4-6,13H2,1-3H3. The van der Waals surface area contributed by atoms with Crippen molar-refractivity contribution < 1.29 is 19.1 Å². The number of hydrogen-bond donors (Lipinski definition) is 1. The number of nitrogens with two attached hydrogens (primary N) is 1. The SMILES string of the molecule is CCOC(=O)c1c(CCC(=O)OC)c(C)cn1N. The molecule has 6 heteroatoms. The van der Waals surface area contributed by atoms with Gasteiger partial charge in [0.2, 0.25) is 0 Å². The van der Waals surface area contributed by atoms with Crippen molar-refractivity contribution >= 4 is 11.9 Å². The summed E-state index contributed by atoms with van der Waals surface area (Å²) in [5, 5.41) is 0. The zero-order chi connectivity index (χ0) is 13.7. The van der Waals surface area contributed by atoms with Crippen molar-refractivity contribution in [1.82, 2.24) is 4.68 Å². The number of aromatic nitrogens is 1. The van der Waals surface area contributed by atoms with Crippen molar-refractivity contribution in [2.45, 2.75) is 26.7 Å². The summed E-state index contributed by atoms with van der Waals surface area (Å²) in [5.74, 6) is 4.91. The Kier molecular flexibility index (Phi) is 4.76. The summed E-state index contributed by atoms with van der Waals surface area (Å²) < 4.78 is 10.7. The van der Waals surface area contributed by atoms with Crippen LogP contribution in [0.3, 0.4) is 0 Å². The van der Waals surface area contributed by atoms with Gasteiger partial charge in [-0.15, -0.1) is 0 Å². The van der Waals surface area contributed by atoms with Crippen molar-refractivity contribution in [3.05, 3.63) is 23.0 Å². The minimum Gasteiger partial charge on any atom is -0.469 e. The molecule has 0 radical (unpaired) electrons. The Balaban J connectivity index is 2.95. The molecule has 1 heterocycles. The molecule has 18 heavy (non-hydrogen) atoms. The van der Waals surface area contributed by atoms with Crippen LogP contribution in [0.25, 0.3) is 0 Å². The predicted molar refractivity (Wildman–Crippen MR) is 65.6 cm³/mol. The highest BCUT2D eigenvalue weighted by Gasteiger charge is 2.20. The van der Waals surface area contributed by atoms with Gasteiger partial charge >= 0.3 is 11.9 Å². The Labute approximate surface area is 106 Å². The third kappa shape index (κ3) is 3.03. The Morgan fingerprint density at radius 1 is 1.44 bits per heavy atom. The average molecular weight is 254 g/mol. The first-order valence-electron chi connectivity index (χ1n) is 5.71. The molecule has 0 amide bonds. The molecule has 0 aromatic carbocycles. The van der Waals surface area contributed by atoms with Gasteiger partial charge in [0.05, 0.1) is 13.7 Å². The van der Waals surface area contributed by atoms with Crippen LogP contribution in [0, 0.1) is 6.92 Å². The number of rotatable bonds is 5. The predicted octanol–water partition coefficient (Wildman–Crippen LogP) is 0.793. The van der Waals surface area contributed by atoms with Crippen LogP contribution >= 0.6 is 0 Å². The molecular weight excluding hydrogens is 236 g/mol. The summed E-state index contributed by atoms with van der Waals surface area (Å²) in [4.78, 5) is 22.9. The fourth-order valence-corrected chi connectivity index (χ4v) is 1.77. The van der Waals surface area contributed by atoms with Gasteiger partial charge in [-0.3, -0.25) is 9.47 Å². The number of nitrogen functional groups attached to an aromatic ring is 1. The number of carbonyl (C=O) groups excluding carboxylic acids is 2. The third-order valence-corrected chi connectivity index (χ3v) is 2.63. The maximum Gasteiger partial charge on any atom is 0.357 e. The van der Waals surface area contributed by atoms with Gasteiger partial charge in [-0.2, -0.15) is 0 Å². The molecule has 0 aliphatic rings. The van der Waals surface area contributed by atoms with Crippen LogP contribution in [0.1, 0.15) is 35.0 Å². The van der Waals surface area contributed by atoms with Gasteiger partial charge < -0.3 is 15.3 Å². The summed E-state index contributed by atoms with van der Waals surface area (Å²) in [7, 11) is 1.33. The molecule has 0 unspecified atom stereocenters. The van der Waals surface area contributed by atoms with Gasteiger partial charge in [0.15, 0.2) is 5.69 Å². The van der Waals surface area contributed by atoms with E-state index in [9.17, 15) is 9.59 Å². The molecule has 100 valence electrons. The number of hydrogen-bond acceptors (Lipinski definition) is 5. The van der Waals surface area contributed by atoms with E-state index in [1.54, 1.807) is 13.1 Å². The Hall–Kier alpha value is -1.98. The number of esters is 2. The molecule has 0 atom stereocenters. The second-order valence-corrected chi connectivity index (χ2v) is 3.84. The van der Waals surface area contributed by atoms with Gasteiger partial charge in [-0.1, -0.05) is 0 Å². The van der Waals surface area contributed by atoms with E-state index in [1.165, 1.54) is 11.8 Å². The minimum absolute atomic E-state index is 0.202. The van der Waals surface area contributed by atoms with Crippen molar-refractivity contribution in [3.63, 3.8) is 0 Å². The molecule has 1 rings (SSSR count). The van der Waals surface area contributed by atoms with E-state index >= 15 is 0 Å². The minimum atomic E-state index is -0.479. The molecule has 0 fully saturated rings. The lowest BCUT2D eigenvalue weighted by Gasteiger charge is -2.07. The fraction of sp³-hybridized carbons (Fsp3) is 0.500. The summed E-state index contributed by atoms with van der Waals surface area (Å²) in [6.07, 6.45) is 2.24. The molecule has 1 aromatic rings. The zero-order valence-corrected chi connectivity index (χ0v) is 10.9. The largest absolute Gasteiger partial charge is 0.469 e. The average Bonchev–Trinajstić information content (AvgIpc) is 2.61. The summed E-state index contributed by atoms with van der Waals surface area (Å²) in [6.45, 7) is 3.83. The highest BCUT2D eigenvalue weighted by Crippen LogP contribution is 2.18. The van der Waals surface area contributed by atoms with Crippen molar-refractivity contribution in [1.29, 1.82) is 0 Å². The highest BCUT2D eigenvalue weighted by atomic mass is 16.5. The number of ether oxygens (including phenoxy) is 2. The molecule has 0 saturated carbocycles. The van der Waals surface area contributed by atoms with E-state index < -0.39 is 5.97 Å². The topological polar surface area (TPSA) is 83.6 Å². The van der Waals surface area contributed by atoms with E-state index in [0.29, 0.717) is 12.1 Å². The van der Waals surface area contributed by atoms with Gasteiger partial charge in [0.1, 0.15) is 0 Å². The quantitative estimate of drug-likeness (QED) is 0.620. The van der Waals surface area contributed by atoms with Crippen LogP contribution in [0.15, 0.2) is 6.20 Å². The normalized spacial score (nSPS) is 10.2. The molecular formula is C12H18N2O4. The van der Waals surface area contributed by atoms with Gasteiger partial charge in [0, 0.05) is 12.6 Å². The molecule has 0 aliphatic heterocycles. The molecule has 0 spiro atoms. The number of methoxy groups -OCH3 is 1. The van der Waals surface area contributed by atoms with Crippen LogP contribution in [0.5, 0.6) is 0 Å². The monoisotopic (exact) mass is 254 g/mol. The van der Waals surface area contributed by atoms with E-state index in [0.717, 1.165) is 11.1 Å². The molecule has 6 nitrogen and oxygen atoms in total. The van der Waals surface area contributed by atoms with Crippen molar-refractivity contribution in [2.75, 3.05) is 19.6 Å². The highest BCUT2D eigenvalue weighted by molar-refractivity contribution is 5.90. The number of aryl methyl sites for hydroxylation is 1. The Morgan fingerprint density at radius 3 is 2.67 bits per heavy atom. The van der Waals surface area contributed by atoms with Gasteiger partial charge in [-0.05, 0) is 31.4 Å². The lowest BCUT2D eigenvalue weighted by molar-refractivity contribution is -0.140. The summed E-state index contributed by atoms with van der Waals surface area (Å²) >= 11 is 0. The van der Waals surface area contributed by atoms with Crippen LogP contribution in [-0.4, -0.2) is 30.3 Å². The Morgan fingerprint density at radius 2 is 2.11 bits per heavy atom. The first-order chi connectivity index (χ1) is 8.51. The number of carbonyl (C=O) groups is 2. The van der Waals surface area contributed by atoms with Crippen molar-refractivity contribution in [2.24, 2.45) is 0 Å². The lowest BCUT2D eigenvalue weighted by Crippen LogP contribution is -2.19. The first-order valence-corrected chi connectivity index (χ1v) is 5.71. The van der Waals surface area contributed by atoms with Crippen LogP contribution < -0.4 is 5.84 Å². The number of nitrogens with zero attached hydrogens (tertiary/aromatic N) is 1. The second-order valence-electron chi connectivity index (χ2n) is 3.84. The molecule has 2 N–H and O–H groups in total. The summed E-state index contributed by atoms with van der Waals surface area (Å²) in [5.41, 5.74) is 1.86. The van der Waals surface area contributed by atoms with Crippen LogP contribution in [0.4, 0.5) is 0 Å². The maximum atomic E-state index is 11.8. The molecule has 0 aliphatic carbocycles. The first kappa shape index (κ1) is 14.1. The Bertz CT molecular complexity index is 451. The van der Waals surface area contributed by atoms with E-state index in [4.69, 9.17) is 10.6 Å². The maximum absolute atomic E-state index is 11.8. The van der Waals surface area contributed by atoms with Crippen molar-refractivity contribution in [3.8, 4) is 0 Å². The second kappa shape index (κ2) is 6.09. The molecule has 1 aromatic heterocycles. The van der Waals surface area contributed by atoms with E-state index in [1.807, 2.05) is 6.92 Å². The van der Waals surface area contributed by atoms with Crippen LogP contribution in [0.2, 0.25) is 0 Å². The third-order valence-electron chi connectivity index (χ3n) is 2.63. The molecule has 0 saturated heterocycles. The van der Waals surface area contributed by atoms with Gasteiger partial charge in [-0.25, -0.2) is 4.79 Å². The van der Waals surface area contributed by atoms with Gasteiger partial charge in [0.25, 0.3) is 0 Å². The summed E-state index contributed by atoms with van der Waals surface area (Å²) in [6, 6.07) is 0. The molecule has 0 bridgehead atoms. The van der Waals surface area contributed by atoms with Crippen LogP contribution in [-0.2, 0) is 20.7 Å². The smallest absolute Gasteiger partial charge is 0.357 e. The van der Waals surface area contributed by atoms with E-state index in [-0.39, 0.29) is 19.0 Å². The van der Waals surface area contributed by atoms with E-state index in [2.05, 4.69) is 4.74 Å². The zero-order valence-electron chi connectivity index (χ0n) is 10.9. The fourth-order valence-electron chi connectivity index (χ4n) is 1.77.